The normalized spacial score (nSPS) is 28.0. The van der Waals surface area contributed by atoms with E-state index < -0.39 is 0 Å². The van der Waals surface area contributed by atoms with Crippen LogP contribution < -0.4 is 4.74 Å². The van der Waals surface area contributed by atoms with Gasteiger partial charge < -0.3 is 18.6 Å². The van der Waals surface area contributed by atoms with E-state index in [9.17, 15) is 0 Å². The van der Waals surface area contributed by atoms with Crippen LogP contribution in [0.4, 0.5) is 0 Å². The minimum atomic E-state index is -0.386. The van der Waals surface area contributed by atoms with E-state index in [0.29, 0.717) is 41.2 Å². The average molecular weight is 449 g/mol. The number of methoxy groups -OCH3 is 1. The van der Waals surface area contributed by atoms with Gasteiger partial charge in [0.15, 0.2) is 5.79 Å². The largest absolute Gasteiger partial charge is 0.497 e. The molecule has 0 bridgehead atoms. The summed E-state index contributed by atoms with van der Waals surface area (Å²) in [6, 6.07) is 5.47. The summed E-state index contributed by atoms with van der Waals surface area (Å²) in [4.78, 5) is 0. The number of ether oxygens (including phenoxy) is 3. The third-order valence-corrected chi connectivity index (χ3v) is 7.53. The van der Waals surface area contributed by atoms with Gasteiger partial charge in [-0.05, 0) is 69.1 Å². The molecule has 7 heteroatoms. The van der Waals surface area contributed by atoms with E-state index in [2.05, 4.69) is 31.0 Å². The number of hydrogen-bond donors (Lipinski definition) is 0. The fourth-order valence-corrected chi connectivity index (χ4v) is 5.03. The van der Waals surface area contributed by atoms with Crippen molar-refractivity contribution in [2.24, 2.45) is 5.41 Å². The molecule has 0 N–H and O–H groups in total. The summed E-state index contributed by atoms with van der Waals surface area (Å²) in [5.74, 6) is 1.48. The van der Waals surface area contributed by atoms with E-state index in [1.54, 1.807) is 13.2 Å². The quantitative estimate of drug-likeness (QED) is 0.504. The number of rotatable bonds is 7. The summed E-state index contributed by atoms with van der Waals surface area (Å²) in [6.07, 6.45) is 7.60. The molecule has 1 aromatic heterocycles. The Morgan fingerprint density at radius 3 is 2.35 bits per heavy atom. The summed E-state index contributed by atoms with van der Waals surface area (Å²) in [6.45, 7) is 8.12. The number of benzene rings is 1. The zero-order valence-electron chi connectivity index (χ0n) is 19.0. The molecule has 0 atom stereocenters. The zero-order valence-corrected chi connectivity index (χ0v) is 19.8. The Hall–Kier alpha value is -1.63. The van der Waals surface area contributed by atoms with E-state index in [1.165, 1.54) is 6.42 Å². The lowest BCUT2D eigenvalue weighted by atomic mass is 9.63. The number of halogens is 1. The highest BCUT2D eigenvalue weighted by Crippen LogP contribution is 2.49. The Bertz CT molecular complexity index is 899. The van der Waals surface area contributed by atoms with Gasteiger partial charge in [-0.15, -0.1) is 10.2 Å². The molecule has 0 unspecified atom stereocenters. The van der Waals surface area contributed by atoms with Crippen molar-refractivity contribution in [1.82, 2.24) is 10.2 Å². The minimum absolute atomic E-state index is 0.104. The summed E-state index contributed by atoms with van der Waals surface area (Å²) in [7, 11) is 1.62. The van der Waals surface area contributed by atoms with Gasteiger partial charge in [-0.25, -0.2) is 0 Å². The van der Waals surface area contributed by atoms with Gasteiger partial charge in [-0.3, -0.25) is 0 Å². The summed E-state index contributed by atoms with van der Waals surface area (Å²) >= 11 is 6.39. The van der Waals surface area contributed by atoms with Crippen molar-refractivity contribution in [1.29, 1.82) is 0 Å². The molecule has 31 heavy (non-hydrogen) atoms. The monoisotopic (exact) mass is 448 g/mol. The van der Waals surface area contributed by atoms with Gasteiger partial charge in [-0.2, -0.15) is 0 Å². The summed E-state index contributed by atoms with van der Waals surface area (Å²) in [5.41, 5.74) is 0.958. The standard InChI is InChI=1S/C24H33ClN2O4/c1-22(8-5-9-24(3)29-14-15-30-24)10-12-23(2,13-11-22)21-27-26-20(31-21)18-7-6-17(28-4)16-19(18)25/h6-7,16H,5,8-15H2,1-4H3. The Kier molecular flexibility index (Phi) is 6.35. The lowest BCUT2D eigenvalue weighted by Gasteiger charge is -2.42. The van der Waals surface area contributed by atoms with Crippen molar-refractivity contribution in [3.8, 4) is 17.2 Å². The number of aromatic nitrogens is 2. The highest BCUT2D eigenvalue weighted by atomic mass is 35.5. The van der Waals surface area contributed by atoms with Gasteiger partial charge in [0.05, 0.1) is 30.9 Å². The van der Waals surface area contributed by atoms with Crippen LogP contribution in [0.2, 0.25) is 5.02 Å². The molecule has 1 saturated heterocycles. The molecule has 1 saturated carbocycles. The molecule has 170 valence electrons. The average Bonchev–Trinajstić information content (AvgIpc) is 3.41. The first-order valence-corrected chi connectivity index (χ1v) is 11.6. The molecule has 2 heterocycles. The van der Waals surface area contributed by atoms with E-state index in [-0.39, 0.29) is 11.2 Å². The van der Waals surface area contributed by atoms with Crippen molar-refractivity contribution >= 4 is 11.6 Å². The Balaban J connectivity index is 1.37. The van der Waals surface area contributed by atoms with Gasteiger partial charge in [0, 0.05) is 11.8 Å². The van der Waals surface area contributed by atoms with Gasteiger partial charge >= 0.3 is 0 Å². The highest BCUT2D eigenvalue weighted by molar-refractivity contribution is 6.33. The van der Waals surface area contributed by atoms with Crippen molar-refractivity contribution < 1.29 is 18.6 Å². The fourth-order valence-electron chi connectivity index (χ4n) is 4.78. The zero-order chi connectivity index (χ0) is 22.1. The first-order chi connectivity index (χ1) is 14.7. The van der Waals surface area contributed by atoms with E-state index in [4.69, 9.17) is 30.2 Å². The predicted octanol–water partition coefficient (Wildman–Crippen LogP) is 6.17. The van der Waals surface area contributed by atoms with Crippen LogP contribution in [0, 0.1) is 5.41 Å². The Morgan fingerprint density at radius 1 is 1.00 bits per heavy atom. The van der Waals surface area contributed by atoms with Crippen LogP contribution in [-0.2, 0) is 14.9 Å². The summed E-state index contributed by atoms with van der Waals surface area (Å²) in [5, 5.41) is 9.24. The molecule has 0 radical (unpaired) electrons. The topological polar surface area (TPSA) is 66.6 Å². The molecule has 2 aromatic rings. The molecule has 1 aliphatic carbocycles. The molecule has 2 fully saturated rings. The van der Waals surface area contributed by atoms with Crippen molar-refractivity contribution in [3.05, 3.63) is 29.1 Å². The van der Waals surface area contributed by atoms with Gasteiger partial charge in [0.2, 0.25) is 11.8 Å². The lowest BCUT2D eigenvalue weighted by molar-refractivity contribution is -0.148. The summed E-state index contributed by atoms with van der Waals surface area (Å²) < 4.78 is 22.8. The predicted molar refractivity (Wildman–Crippen MR) is 119 cm³/mol. The van der Waals surface area contributed by atoms with Crippen LogP contribution in [-0.4, -0.2) is 36.3 Å². The maximum absolute atomic E-state index is 6.39. The maximum atomic E-state index is 6.39. The van der Waals surface area contributed by atoms with E-state index in [0.717, 1.165) is 44.1 Å². The second kappa shape index (κ2) is 8.72. The first kappa shape index (κ1) is 22.6. The first-order valence-electron chi connectivity index (χ1n) is 11.2. The maximum Gasteiger partial charge on any atom is 0.249 e. The highest BCUT2D eigenvalue weighted by Gasteiger charge is 2.42. The van der Waals surface area contributed by atoms with Crippen molar-refractivity contribution in [2.45, 2.75) is 76.9 Å². The smallest absolute Gasteiger partial charge is 0.249 e. The van der Waals surface area contributed by atoms with Crippen LogP contribution in [0.25, 0.3) is 11.5 Å². The molecule has 1 aromatic carbocycles. The van der Waals surface area contributed by atoms with Gasteiger partial charge in [0.1, 0.15) is 5.75 Å². The molecule has 4 rings (SSSR count). The van der Waals surface area contributed by atoms with Crippen LogP contribution >= 0.6 is 11.6 Å². The van der Waals surface area contributed by atoms with Gasteiger partial charge in [-0.1, -0.05) is 25.4 Å². The van der Waals surface area contributed by atoms with Crippen molar-refractivity contribution in [2.75, 3.05) is 20.3 Å². The van der Waals surface area contributed by atoms with Crippen LogP contribution in [0.1, 0.15) is 71.6 Å². The van der Waals surface area contributed by atoms with E-state index in [1.807, 2.05) is 12.1 Å². The van der Waals surface area contributed by atoms with Crippen LogP contribution in [0.5, 0.6) is 5.75 Å². The van der Waals surface area contributed by atoms with Crippen molar-refractivity contribution in [3.63, 3.8) is 0 Å². The molecule has 1 aliphatic heterocycles. The number of hydrogen-bond acceptors (Lipinski definition) is 6. The molecule has 2 aliphatic rings. The minimum Gasteiger partial charge on any atom is -0.497 e. The number of nitrogens with zero attached hydrogens (tertiary/aromatic N) is 2. The third-order valence-electron chi connectivity index (χ3n) is 7.22. The molecular weight excluding hydrogens is 416 g/mol. The second-order valence-electron chi connectivity index (χ2n) is 9.81. The van der Waals surface area contributed by atoms with Crippen LogP contribution in [0.3, 0.4) is 0 Å². The van der Waals surface area contributed by atoms with Gasteiger partial charge in [0.25, 0.3) is 0 Å². The molecule has 0 amide bonds. The SMILES string of the molecule is COc1ccc(-c2nnc(C3(C)CCC(C)(CCCC4(C)OCCO4)CC3)o2)c(Cl)c1. The van der Waals surface area contributed by atoms with Crippen LogP contribution in [0.15, 0.2) is 22.6 Å². The third kappa shape index (κ3) is 4.91. The van der Waals surface area contributed by atoms with E-state index >= 15 is 0 Å². The molecular formula is C24H33ClN2O4. The molecule has 0 spiro atoms. The Labute approximate surface area is 189 Å². The fraction of sp³-hybridized carbons (Fsp3) is 0.667. The Morgan fingerprint density at radius 2 is 1.71 bits per heavy atom. The lowest BCUT2D eigenvalue weighted by Crippen LogP contribution is -2.34. The molecule has 6 nitrogen and oxygen atoms in total. The second-order valence-corrected chi connectivity index (χ2v) is 10.2.